The zero-order valence-electron chi connectivity index (χ0n) is 14.3. The fourth-order valence-electron chi connectivity index (χ4n) is 2.84. The summed E-state index contributed by atoms with van der Waals surface area (Å²) in [5.74, 6) is -0.176. The highest BCUT2D eigenvalue weighted by Crippen LogP contribution is 2.18. The van der Waals surface area contributed by atoms with E-state index in [1.807, 2.05) is 30.3 Å². The Morgan fingerprint density at radius 1 is 1.16 bits per heavy atom. The van der Waals surface area contributed by atoms with Gasteiger partial charge in [-0.05, 0) is 30.2 Å². The monoisotopic (exact) mass is 338 g/mol. The predicted molar refractivity (Wildman–Crippen MR) is 97.9 cm³/mol. The van der Waals surface area contributed by atoms with Gasteiger partial charge in [-0.1, -0.05) is 19.1 Å². The van der Waals surface area contributed by atoms with Crippen molar-refractivity contribution in [3.05, 3.63) is 53.9 Å². The third-order valence-corrected chi connectivity index (χ3v) is 4.43. The van der Waals surface area contributed by atoms with Gasteiger partial charge in [-0.3, -0.25) is 14.6 Å². The molecule has 6 nitrogen and oxygen atoms in total. The molecule has 0 unspecified atom stereocenters. The fraction of sp³-hybridized carbons (Fsp3) is 0.316. The maximum absolute atomic E-state index is 12.5. The molecular weight excluding hydrogens is 316 g/mol. The summed E-state index contributed by atoms with van der Waals surface area (Å²) in [4.78, 5) is 31.4. The second-order valence-electron chi connectivity index (χ2n) is 6.06. The molecule has 1 N–H and O–H groups in total. The average molecular weight is 338 g/mol. The number of amides is 2. The Hall–Kier alpha value is -2.89. The van der Waals surface area contributed by atoms with E-state index in [1.54, 1.807) is 17.3 Å². The van der Waals surface area contributed by atoms with E-state index in [-0.39, 0.29) is 5.91 Å². The topological polar surface area (TPSA) is 65.5 Å². The summed E-state index contributed by atoms with van der Waals surface area (Å²) in [6.45, 7) is 4.95. The Kier molecular flexibility index (Phi) is 5.28. The number of piperazine rings is 1. The summed E-state index contributed by atoms with van der Waals surface area (Å²) >= 11 is 0. The van der Waals surface area contributed by atoms with Gasteiger partial charge in [-0.15, -0.1) is 0 Å². The summed E-state index contributed by atoms with van der Waals surface area (Å²) in [5.41, 5.74) is 3.43. The highest BCUT2D eigenvalue weighted by Gasteiger charge is 2.17. The van der Waals surface area contributed by atoms with E-state index in [4.69, 9.17) is 0 Å². The molecule has 2 amide bonds. The van der Waals surface area contributed by atoms with Gasteiger partial charge in [-0.2, -0.15) is 0 Å². The molecule has 130 valence electrons. The maximum Gasteiger partial charge on any atom is 0.257 e. The lowest BCUT2D eigenvalue weighted by molar-refractivity contribution is -0.118. The number of carbonyl (C=O) groups excluding carboxylic acids is 2. The van der Waals surface area contributed by atoms with Crippen LogP contribution in [0.4, 0.5) is 11.4 Å². The molecule has 3 rings (SSSR count). The Morgan fingerprint density at radius 2 is 1.88 bits per heavy atom. The van der Waals surface area contributed by atoms with Gasteiger partial charge in [0.2, 0.25) is 6.41 Å². The second kappa shape index (κ2) is 7.79. The molecule has 0 spiro atoms. The van der Waals surface area contributed by atoms with E-state index >= 15 is 0 Å². The van der Waals surface area contributed by atoms with Crippen LogP contribution in [0.5, 0.6) is 0 Å². The average Bonchev–Trinajstić information content (AvgIpc) is 2.68. The number of pyridine rings is 1. The molecule has 0 saturated carbocycles. The van der Waals surface area contributed by atoms with E-state index in [1.165, 1.54) is 5.56 Å². The number of anilines is 2. The minimum atomic E-state index is -0.176. The molecule has 1 aromatic carbocycles. The van der Waals surface area contributed by atoms with Crippen LogP contribution in [0, 0.1) is 0 Å². The van der Waals surface area contributed by atoms with Crippen molar-refractivity contribution in [2.75, 3.05) is 36.4 Å². The van der Waals surface area contributed by atoms with E-state index in [0.29, 0.717) is 18.7 Å². The number of nitrogens with zero attached hydrogens (tertiary/aromatic N) is 3. The highest BCUT2D eigenvalue weighted by molar-refractivity contribution is 6.04. The van der Waals surface area contributed by atoms with E-state index in [2.05, 4.69) is 22.1 Å². The third kappa shape index (κ3) is 4.15. The largest absolute Gasteiger partial charge is 0.367 e. The first kappa shape index (κ1) is 17.0. The molecule has 0 atom stereocenters. The molecule has 6 heteroatoms. The lowest BCUT2D eigenvalue weighted by atomic mass is 10.1. The highest BCUT2D eigenvalue weighted by atomic mass is 16.1. The molecule has 0 radical (unpaired) electrons. The number of rotatable bonds is 5. The molecule has 2 heterocycles. The first-order chi connectivity index (χ1) is 12.2. The van der Waals surface area contributed by atoms with Crippen LogP contribution in [0.3, 0.4) is 0 Å². The number of benzene rings is 1. The normalized spacial score (nSPS) is 14.3. The second-order valence-corrected chi connectivity index (χ2v) is 6.06. The Balaban J connectivity index is 1.67. The van der Waals surface area contributed by atoms with Gasteiger partial charge in [0, 0.05) is 38.1 Å². The van der Waals surface area contributed by atoms with Crippen LogP contribution in [0.15, 0.2) is 42.7 Å². The van der Waals surface area contributed by atoms with Crippen LogP contribution in [-0.2, 0) is 11.2 Å². The van der Waals surface area contributed by atoms with Gasteiger partial charge in [0.05, 0.1) is 17.4 Å². The Bertz CT molecular complexity index is 737. The number of hydrogen-bond donors (Lipinski definition) is 1. The third-order valence-electron chi connectivity index (χ3n) is 4.43. The van der Waals surface area contributed by atoms with Gasteiger partial charge in [-0.25, -0.2) is 0 Å². The first-order valence-electron chi connectivity index (χ1n) is 8.49. The van der Waals surface area contributed by atoms with Gasteiger partial charge in [0.15, 0.2) is 0 Å². The lowest BCUT2D eigenvalue weighted by Crippen LogP contribution is -2.45. The maximum atomic E-state index is 12.5. The number of carbonyl (C=O) groups is 2. The molecule has 1 fully saturated rings. The van der Waals surface area contributed by atoms with E-state index < -0.39 is 0 Å². The molecular formula is C19H22N4O2. The SMILES string of the molecule is CCc1ccc(NC(=O)c2cncc(N3CCN(C=O)CC3)c2)cc1. The number of nitrogens with one attached hydrogen (secondary N) is 1. The number of hydrogen-bond acceptors (Lipinski definition) is 4. The minimum Gasteiger partial charge on any atom is -0.367 e. The first-order valence-corrected chi connectivity index (χ1v) is 8.49. The minimum absolute atomic E-state index is 0.176. The van der Waals surface area contributed by atoms with Crippen LogP contribution in [-0.4, -0.2) is 48.4 Å². The molecule has 0 bridgehead atoms. The van der Waals surface area contributed by atoms with Crippen molar-refractivity contribution in [1.29, 1.82) is 0 Å². The summed E-state index contributed by atoms with van der Waals surface area (Å²) < 4.78 is 0. The van der Waals surface area contributed by atoms with Gasteiger partial charge in [0.1, 0.15) is 0 Å². The van der Waals surface area contributed by atoms with Gasteiger partial charge >= 0.3 is 0 Å². The standard InChI is InChI=1S/C19H22N4O2/c1-2-15-3-5-17(6-4-15)21-19(25)16-11-18(13-20-12-16)23-9-7-22(14-24)8-10-23/h3-6,11-14H,2,7-10H2,1H3,(H,21,25). The van der Waals surface area contributed by atoms with E-state index in [9.17, 15) is 9.59 Å². The Morgan fingerprint density at radius 3 is 2.52 bits per heavy atom. The summed E-state index contributed by atoms with van der Waals surface area (Å²) in [7, 11) is 0. The van der Waals surface area contributed by atoms with Crippen LogP contribution in [0.25, 0.3) is 0 Å². The van der Waals surface area contributed by atoms with Gasteiger partial charge in [0.25, 0.3) is 5.91 Å². The lowest BCUT2D eigenvalue weighted by Gasteiger charge is -2.34. The number of aromatic nitrogens is 1. The molecule has 1 aliphatic heterocycles. The van der Waals surface area contributed by atoms with Crippen molar-refractivity contribution in [3.63, 3.8) is 0 Å². The summed E-state index contributed by atoms with van der Waals surface area (Å²) in [6.07, 6.45) is 5.17. The molecule has 25 heavy (non-hydrogen) atoms. The van der Waals surface area contributed by atoms with Crippen molar-refractivity contribution in [2.45, 2.75) is 13.3 Å². The van der Waals surface area contributed by atoms with Crippen molar-refractivity contribution >= 4 is 23.7 Å². The molecule has 0 aliphatic carbocycles. The van der Waals surface area contributed by atoms with E-state index in [0.717, 1.165) is 37.3 Å². The van der Waals surface area contributed by atoms with Crippen molar-refractivity contribution in [3.8, 4) is 0 Å². The summed E-state index contributed by atoms with van der Waals surface area (Å²) in [6, 6.07) is 9.69. The van der Waals surface area contributed by atoms with Crippen LogP contribution in [0.2, 0.25) is 0 Å². The fourth-order valence-corrected chi connectivity index (χ4v) is 2.84. The van der Waals surface area contributed by atoms with Crippen LogP contribution in [0.1, 0.15) is 22.8 Å². The van der Waals surface area contributed by atoms with Crippen molar-refractivity contribution in [2.24, 2.45) is 0 Å². The van der Waals surface area contributed by atoms with Crippen molar-refractivity contribution in [1.82, 2.24) is 9.88 Å². The predicted octanol–water partition coefficient (Wildman–Crippen LogP) is 2.17. The quantitative estimate of drug-likeness (QED) is 0.849. The van der Waals surface area contributed by atoms with Gasteiger partial charge < -0.3 is 15.1 Å². The molecule has 1 aromatic heterocycles. The zero-order chi connectivity index (χ0) is 17.6. The Labute approximate surface area is 147 Å². The number of aryl methyl sites for hydroxylation is 1. The molecule has 1 aliphatic rings. The summed E-state index contributed by atoms with van der Waals surface area (Å²) in [5, 5.41) is 2.90. The van der Waals surface area contributed by atoms with Crippen molar-refractivity contribution < 1.29 is 9.59 Å². The molecule has 2 aromatic rings. The smallest absolute Gasteiger partial charge is 0.257 e. The zero-order valence-corrected chi connectivity index (χ0v) is 14.3. The molecule has 1 saturated heterocycles. The van der Waals surface area contributed by atoms with Crippen LogP contribution < -0.4 is 10.2 Å². The van der Waals surface area contributed by atoms with Crippen LogP contribution >= 0.6 is 0 Å².